The summed E-state index contributed by atoms with van der Waals surface area (Å²) in [6.07, 6.45) is 0. The van der Waals surface area contributed by atoms with Crippen LogP contribution in [0.15, 0.2) is 30.3 Å². The number of hydrogen-bond donors (Lipinski definition) is 1. The second-order valence-electron chi connectivity index (χ2n) is 7.11. The number of carbonyl (C=O) groups excluding carboxylic acids is 1. The number of aryl methyl sites for hydroxylation is 4. The van der Waals surface area contributed by atoms with Gasteiger partial charge < -0.3 is 5.32 Å². The van der Waals surface area contributed by atoms with Crippen LogP contribution in [0, 0.1) is 33.5 Å². The lowest BCUT2D eigenvalue weighted by Gasteiger charge is -2.09. The van der Waals surface area contributed by atoms with Gasteiger partial charge in [0.1, 0.15) is 5.82 Å². The first-order chi connectivity index (χ1) is 13.8. The molecule has 0 aliphatic rings. The van der Waals surface area contributed by atoms with Crippen molar-refractivity contribution >= 4 is 22.6 Å². The average Bonchev–Trinajstić information content (AvgIpc) is 3.12. The monoisotopic (exact) mass is 392 g/mol. The van der Waals surface area contributed by atoms with Crippen molar-refractivity contribution in [1.29, 1.82) is 0 Å². The molecule has 0 aliphatic carbocycles. The zero-order valence-electron chi connectivity index (χ0n) is 16.9. The van der Waals surface area contributed by atoms with E-state index in [9.17, 15) is 9.18 Å². The van der Waals surface area contributed by atoms with Crippen LogP contribution in [-0.4, -0.2) is 30.5 Å². The van der Waals surface area contributed by atoms with Gasteiger partial charge in [0.2, 0.25) is 0 Å². The molecule has 0 spiro atoms. The maximum atomic E-state index is 13.3. The van der Waals surface area contributed by atoms with Crippen molar-refractivity contribution < 1.29 is 9.18 Å². The molecule has 0 saturated heterocycles. The Labute approximate surface area is 167 Å². The van der Waals surface area contributed by atoms with Crippen LogP contribution in [-0.2, 0) is 7.05 Å². The van der Waals surface area contributed by atoms with Crippen LogP contribution < -0.4 is 5.32 Å². The molecule has 29 heavy (non-hydrogen) atoms. The minimum Gasteiger partial charge on any atom is -0.319 e. The predicted octanol–water partition coefficient (Wildman–Crippen LogP) is 3.78. The molecule has 4 rings (SSSR count). The number of aromatic nitrogens is 5. The number of pyridine rings is 1. The third-order valence-electron chi connectivity index (χ3n) is 5.00. The molecule has 1 amide bonds. The summed E-state index contributed by atoms with van der Waals surface area (Å²) >= 11 is 0. The van der Waals surface area contributed by atoms with Crippen molar-refractivity contribution in [3.05, 3.63) is 64.5 Å². The van der Waals surface area contributed by atoms with Gasteiger partial charge in [-0.15, -0.1) is 0 Å². The van der Waals surface area contributed by atoms with E-state index >= 15 is 0 Å². The number of fused-ring (bicyclic) bond motifs is 1. The maximum absolute atomic E-state index is 13.3. The van der Waals surface area contributed by atoms with Crippen LogP contribution in [0.25, 0.3) is 16.7 Å². The van der Waals surface area contributed by atoms with Gasteiger partial charge in [0.25, 0.3) is 5.91 Å². The molecule has 0 aliphatic heterocycles. The predicted molar refractivity (Wildman–Crippen MR) is 109 cm³/mol. The average molecular weight is 392 g/mol. The second kappa shape index (κ2) is 6.80. The van der Waals surface area contributed by atoms with Crippen molar-refractivity contribution in [2.24, 2.45) is 7.05 Å². The maximum Gasteiger partial charge on any atom is 0.256 e. The number of benzene rings is 1. The molecular formula is C21H21FN6O. The van der Waals surface area contributed by atoms with E-state index in [0.29, 0.717) is 39.4 Å². The van der Waals surface area contributed by atoms with Crippen LogP contribution >= 0.6 is 0 Å². The second-order valence-corrected chi connectivity index (χ2v) is 7.11. The van der Waals surface area contributed by atoms with Crippen molar-refractivity contribution in [3.63, 3.8) is 0 Å². The van der Waals surface area contributed by atoms with E-state index in [1.54, 1.807) is 27.6 Å². The van der Waals surface area contributed by atoms with Crippen LogP contribution in [0.5, 0.6) is 0 Å². The van der Waals surface area contributed by atoms with E-state index < -0.39 is 0 Å². The fraction of sp³-hybridized carbons (Fsp3) is 0.238. The molecule has 1 N–H and O–H groups in total. The zero-order chi connectivity index (χ0) is 20.9. The summed E-state index contributed by atoms with van der Waals surface area (Å²) in [4.78, 5) is 17.8. The highest BCUT2D eigenvalue weighted by Crippen LogP contribution is 2.27. The van der Waals surface area contributed by atoms with Gasteiger partial charge in [0.15, 0.2) is 5.65 Å². The Morgan fingerprint density at radius 2 is 1.72 bits per heavy atom. The van der Waals surface area contributed by atoms with E-state index in [2.05, 4.69) is 20.5 Å². The largest absolute Gasteiger partial charge is 0.319 e. The van der Waals surface area contributed by atoms with Crippen LogP contribution in [0.1, 0.15) is 33.1 Å². The number of nitrogens with one attached hydrogen (secondary N) is 1. The third-order valence-corrected chi connectivity index (χ3v) is 5.00. The van der Waals surface area contributed by atoms with E-state index in [1.807, 2.05) is 34.7 Å². The Bertz CT molecular complexity index is 1250. The Hall–Kier alpha value is -3.55. The Kier molecular flexibility index (Phi) is 4.41. The fourth-order valence-electron chi connectivity index (χ4n) is 3.49. The van der Waals surface area contributed by atoms with Gasteiger partial charge in [0, 0.05) is 12.7 Å². The van der Waals surface area contributed by atoms with Gasteiger partial charge in [-0.3, -0.25) is 9.48 Å². The zero-order valence-corrected chi connectivity index (χ0v) is 16.9. The van der Waals surface area contributed by atoms with Crippen LogP contribution in [0.3, 0.4) is 0 Å². The summed E-state index contributed by atoms with van der Waals surface area (Å²) in [6, 6.07) is 7.76. The minimum atomic E-state index is -0.326. The third kappa shape index (κ3) is 3.16. The molecule has 8 heteroatoms. The van der Waals surface area contributed by atoms with E-state index in [1.165, 1.54) is 12.1 Å². The van der Waals surface area contributed by atoms with Crippen LogP contribution in [0.4, 0.5) is 10.1 Å². The molecule has 148 valence electrons. The Morgan fingerprint density at radius 1 is 1.03 bits per heavy atom. The number of nitrogens with zero attached hydrogens (tertiary/aromatic N) is 5. The highest BCUT2D eigenvalue weighted by Gasteiger charge is 2.21. The highest BCUT2D eigenvalue weighted by atomic mass is 19.1. The van der Waals surface area contributed by atoms with Crippen molar-refractivity contribution in [3.8, 4) is 5.69 Å². The molecule has 0 radical (unpaired) electrons. The normalized spacial score (nSPS) is 11.2. The lowest BCUT2D eigenvalue weighted by Crippen LogP contribution is -2.14. The lowest BCUT2D eigenvalue weighted by atomic mass is 10.1. The number of hydrogen-bond acceptors (Lipinski definition) is 4. The topological polar surface area (TPSA) is 77.6 Å². The molecule has 4 aromatic rings. The summed E-state index contributed by atoms with van der Waals surface area (Å²) in [6.45, 7) is 7.42. The van der Waals surface area contributed by atoms with Crippen molar-refractivity contribution in [1.82, 2.24) is 24.5 Å². The van der Waals surface area contributed by atoms with E-state index in [0.717, 1.165) is 11.4 Å². The van der Waals surface area contributed by atoms with E-state index in [4.69, 9.17) is 0 Å². The Balaban J connectivity index is 1.85. The molecule has 0 saturated carbocycles. The van der Waals surface area contributed by atoms with Gasteiger partial charge in [-0.2, -0.15) is 10.2 Å². The Morgan fingerprint density at radius 3 is 2.34 bits per heavy atom. The van der Waals surface area contributed by atoms with Gasteiger partial charge >= 0.3 is 0 Å². The molecule has 3 heterocycles. The number of carbonyl (C=O) groups is 1. The molecule has 0 unspecified atom stereocenters. The summed E-state index contributed by atoms with van der Waals surface area (Å²) in [5.41, 5.74) is 5.39. The summed E-state index contributed by atoms with van der Waals surface area (Å²) in [5, 5.41) is 12.5. The molecule has 0 bridgehead atoms. The minimum absolute atomic E-state index is 0.249. The van der Waals surface area contributed by atoms with Gasteiger partial charge in [0.05, 0.1) is 39.4 Å². The number of halogens is 1. The van der Waals surface area contributed by atoms with Gasteiger partial charge in [-0.05, 0) is 58.0 Å². The summed E-state index contributed by atoms with van der Waals surface area (Å²) in [7, 11) is 1.84. The summed E-state index contributed by atoms with van der Waals surface area (Å²) in [5.74, 6) is -0.574. The fourth-order valence-corrected chi connectivity index (χ4v) is 3.49. The lowest BCUT2D eigenvalue weighted by molar-refractivity contribution is 0.102. The highest BCUT2D eigenvalue weighted by molar-refractivity contribution is 6.13. The molecule has 3 aromatic heterocycles. The standard InChI is InChI=1S/C21H21FN6O/c1-11-10-17(21(29)24-19-13(3)25-27(5)14(19)4)18-12(2)26-28(20(18)23-11)16-8-6-15(22)7-9-16/h6-10H,1-5H3,(H,24,29). The van der Waals surface area contributed by atoms with Crippen molar-refractivity contribution in [2.75, 3.05) is 5.32 Å². The molecular weight excluding hydrogens is 371 g/mol. The van der Waals surface area contributed by atoms with Gasteiger partial charge in [-0.1, -0.05) is 0 Å². The van der Waals surface area contributed by atoms with E-state index in [-0.39, 0.29) is 11.7 Å². The first-order valence-corrected chi connectivity index (χ1v) is 9.20. The first-order valence-electron chi connectivity index (χ1n) is 9.20. The van der Waals surface area contributed by atoms with Crippen molar-refractivity contribution in [2.45, 2.75) is 27.7 Å². The van der Waals surface area contributed by atoms with Gasteiger partial charge in [-0.25, -0.2) is 14.1 Å². The molecule has 7 nitrogen and oxygen atoms in total. The molecule has 1 aromatic carbocycles. The summed E-state index contributed by atoms with van der Waals surface area (Å²) < 4.78 is 16.7. The SMILES string of the molecule is Cc1cc(C(=O)Nc2c(C)nn(C)c2C)c2c(C)nn(-c3ccc(F)cc3)c2n1. The number of rotatable bonds is 3. The smallest absolute Gasteiger partial charge is 0.256 e. The number of amides is 1. The quantitative estimate of drug-likeness (QED) is 0.576. The molecule has 0 atom stereocenters. The number of anilines is 1. The first kappa shape index (κ1) is 18.8. The molecule has 0 fully saturated rings. The van der Waals surface area contributed by atoms with Crippen LogP contribution in [0.2, 0.25) is 0 Å².